The third-order valence-corrected chi connectivity index (χ3v) is 3.92. The zero-order chi connectivity index (χ0) is 12.3. The van der Waals surface area contributed by atoms with Crippen LogP contribution in [-0.4, -0.2) is 30.7 Å². The molecule has 0 aromatic heterocycles. The Morgan fingerprint density at radius 1 is 1.47 bits per heavy atom. The Hall–Kier alpha value is -0.410. The van der Waals surface area contributed by atoms with Gasteiger partial charge in [0, 0.05) is 36.7 Å². The number of hydrogen-bond donors (Lipinski definition) is 2. The first-order valence-electron chi connectivity index (χ1n) is 6.58. The summed E-state index contributed by atoms with van der Waals surface area (Å²) in [5.41, 5.74) is 2.63. The molecular weight excluding hydrogens is 236 g/mol. The van der Waals surface area contributed by atoms with E-state index >= 15 is 0 Å². The van der Waals surface area contributed by atoms with E-state index < -0.39 is 0 Å². The van der Waals surface area contributed by atoms with E-state index in [-0.39, 0.29) is 10.9 Å². The third-order valence-electron chi connectivity index (χ3n) is 3.70. The first-order chi connectivity index (χ1) is 8.11. The average Bonchev–Trinajstić information content (AvgIpc) is 2.80. The van der Waals surface area contributed by atoms with E-state index in [1.807, 2.05) is 6.92 Å². The molecule has 0 bridgehead atoms. The lowest BCUT2D eigenvalue weighted by molar-refractivity contribution is 0.0487. The predicted octanol–water partition coefficient (Wildman–Crippen LogP) is 2.37. The number of allylic oxidation sites excluding steroid dienone is 2. The van der Waals surface area contributed by atoms with Crippen LogP contribution in [0.1, 0.15) is 39.5 Å². The van der Waals surface area contributed by atoms with Crippen LogP contribution in [0.15, 0.2) is 11.4 Å². The fourth-order valence-electron chi connectivity index (χ4n) is 2.51. The van der Waals surface area contributed by atoms with Gasteiger partial charge in [0.1, 0.15) is 0 Å². The lowest BCUT2D eigenvalue weighted by Crippen LogP contribution is -2.48. The average molecular weight is 259 g/mol. The SMILES string of the molecule is C[C@@H](Cl)/C(NC1(C)CCOCC1)=C1\CCCN1. The van der Waals surface area contributed by atoms with Crippen molar-refractivity contribution in [3.05, 3.63) is 11.4 Å². The van der Waals surface area contributed by atoms with E-state index in [4.69, 9.17) is 16.3 Å². The Morgan fingerprint density at radius 2 is 2.18 bits per heavy atom. The van der Waals surface area contributed by atoms with Crippen LogP contribution < -0.4 is 10.6 Å². The fourth-order valence-corrected chi connectivity index (χ4v) is 2.70. The van der Waals surface area contributed by atoms with Gasteiger partial charge in [0.15, 0.2) is 0 Å². The molecule has 4 heteroatoms. The van der Waals surface area contributed by atoms with Gasteiger partial charge in [-0.2, -0.15) is 0 Å². The van der Waals surface area contributed by atoms with Gasteiger partial charge in [-0.1, -0.05) is 0 Å². The minimum atomic E-state index is 0.0373. The van der Waals surface area contributed by atoms with Crippen molar-refractivity contribution in [1.29, 1.82) is 0 Å². The number of rotatable bonds is 3. The van der Waals surface area contributed by atoms with Crippen LogP contribution in [0.25, 0.3) is 0 Å². The maximum absolute atomic E-state index is 6.31. The Kier molecular flexibility index (Phi) is 4.21. The number of ether oxygens (including phenoxy) is 1. The van der Waals surface area contributed by atoms with Gasteiger partial charge in [-0.3, -0.25) is 0 Å². The van der Waals surface area contributed by atoms with Gasteiger partial charge in [0.05, 0.1) is 5.38 Å². The smallest absolute Gasteiger partial charge is 0.0721 e. The van der Waals surface area contributed by atoms with Crippen molar-refractivity contribution >= 4 is 11.6 Å². The highest BCUT2D eigenvalue weighted by molar-refractivity contribution is 6.22. The molecule has 2 saturated heterocycles. The Balaban J connectivity index is 2.09. The molecule has 2 fully saturated rings. The van der Waals surface area contributed by atoms with Crippen molar-refractivity contribution in [2.24, 2.45) is 0 Å². The molecule has 1 atom stereocenters. The lowest BCUT2D eigenvalue weighted by atomic mass is 9.91. The summed E-state index contributed by atoms with van der Waals surface area (Å²) >= 11 is 6.31. The third kappa shape index (κ3) is 3.29. The van der Waals surface area contributed by atoms with Crippen molar-refractivity contribution in [2.75, 3.05) is 19.8 Å². The fraction of sp³-hybridized carbons (Fsp3) is 0.846. The molecule has 17 heavy (non-hydrogen) atoms. The minimum Gasteiger partial charge on any atom is -0.387 e. The van der Waals surface area contributed by atoms with Crippen molar-refractivity contribution in [2.45, 2.75) is 50.4 Å². The van der Waals surface area contributed by atoms with Gasteiger partial charge >= 0.3 is 0 Å². The highest BCUT2D eigenvalue weighted by Gasteiger charge is 2.30. The number of halogens is 1. The molecule has 98 valence electrons. The summed E-state index contributed by atoms with van der Waals surface area (Å²) in [6.07, 6.45) is 4.43. The molecule has 0 saturated carbocycles. The molecule has 0 spiro atoms. The van der Waals surface area contributed by atoms with Crippen LogP contribution in [0, 0.1) is 0 Å². The maximum Gasteiger partial charge on any atom is 0.0721 e. The Labute approximate surface area is 109 Å². The zero-order valence-electron chi connectivity index (χ0n) is 10.8. The van der Waals surface area contributed by atoms with Gasteiger partial charge in [-0.25, -0.2) is 0 Å². The normalized spacial score (nSPS) is 28.4. The number of nitrogens with one attached hydrogen (secondary N) is 2. The van der Waals surface area contributed by atoms with Crippen LogP contribution in [0.5, 0.6) is 0 Å². The largest absolute Gasteiger partial charge is 0.387 e. The molecule has 0 aromatic carbocycles. The summed E-state index contributed by atoms with van der Waals surface area (Å²) in [6, 6.07) is 0. The molecular formula is C13H23ClN2O. The Morgan fingerprint density at radius 3 is 2.71 bits per heavy atom. The van der Waals surface area contributed by atoms with E-state index in [1.54, 1.807) is 0 Å². The molecule has 3 nitrogen and oxygen atoms in total. The summed E-state index contributed by atoms with van der Waals surface area (Å²) in [5.74, 6) is 0. The second-order valence-corrected chi connectivity index (χ2v) is 5.99. The van der Waals surface area contributed by atoms with Gasteiger partial charge in [0.2, 0.25) is 0 Å². The molecule has 0 amide bonds. The summed E-state index contributed by atoms with van der Waals surface area (Å²) in [4.78, 5) is 0. The molecule has 2 heterocycles. The zero-order valence-corrected chi connectivity index (χ0v) is 11.6. The maximum atomic E-state index is 6.31. The highest BCUT2D eigenvalue weighted by atomic mass is 35.5. The second kappa shape index (κ2) is 5.49. The molecule has 2 aliphatic rings. The molecule has 2 aliphatic heterocycles. The van der Waals surface area contributed by atoms with E-state index in [9.17, 15) is 0 Å². The molecule has 0 aromatic rings. The van der Waals surface area contributed by atoms with Gasteiger partial charge in [-0.15, -0.1) is 11.6 Å². The number of hydrogen-bond acceptors (Lipinski definition) is 3. The first kappa shape index (κ1) is 13.0. The van der Waals surface area contributed by atoms with E-state index in [2.05, 4.69) is 17.6 Å². The summed E-state index contributed by atoms with van der Waals surface area (Å²) < 4.78 is 5.43. The van der Waals surface area contributed by atoms with Crippen molar-refractivity contribution in [3.63, 3.8) is 0 Å². The Bertz CT molecular complexity index is 288. The monoisotopic (exact) mass is 258 g/mol. The van der Waals surface area contributed by atoms with Crippen LogP contribution in [0.3, 0.4) is 0 Å². The molecule has 0 unspecified atom stereocenters. The molecule has 0 aliphatic carbocycles. The molecule has 2 rings (SSSR count). The van der Waals surface area contributed by atoms with Crippen LogP contribution in [0.4, 0.5) is 0 Å². The lowest BCUT2D eigenvalue weighted by Gasteiger charge is -2.37. The van der Waals surface area contributed by atoms with Crippen LogP contribution in [0.2, 0.25) is 0 Å². The standard InChI is InChI=1S/C13H23ClN2O/c1-10(14)12(11-4-3-7-15-11)16-13(2)5-8-17-9-6-13/h10,15-16H,3-9H2,1-2H3/b12-11-/t10-/m1/s1. The highest BCUT2D eigenvalue weighted by Crippen LogP contribution is 2.26. The first-order valence-corrected chi connectivity index (χ1v) is 7.01. The number of alkyl halides is 1. The summed E-state index contributed by atoms with van der Waals surface area (Å²) in [7, 11) is 0. The van der Waals surface area contributed by atoms with Crippen molar-refractivity contribution in [1.82, 2.24) is 10.6 Å². The van der Waals surface area contributed by atoms with E-state index in [0.717, 1.165) is 39.0 Å². The van der Waals surface area contributed by atoms with E-state index in [0.29, 0.717) is 0 Å². The molecule has 2 N–H and O–H groups in total. The summed E-state index contributed by atoms with van der Waals surface area (Å²) in [6.45, 7) is 7.07. The molecule has 0 radical (unpaired) electrons. The second-order valence-electron chi connectivity index (χ2n) is 5.34. The quantitative estimate of drug-likeness (QED) is 0.763. The van der Waals surface area contributed by atoms with Crippen LogP contribution in [-0.2, 0) is 4.74 Å². The van der Waals surface area contributed by atoms with Gasteiger partial charge in [-0.05, 0) is 39.5 Å². The summed E-state index contributed by atoms with van der Waals surface area (Å²) in [5, 5.41) is 7.16. The predicted molar refractivity (Wildman–Crippen MR) is 71.2 cm³/mol. The van der Waals surface area contributed by atoms with Crippen molar-refractivity contribution in [3.8, 4) is 0 Å². The topological polar surface area (TPSA) is 33.3 Å². The van der Waals surface area contributed by atoms with E-state index in [1.165, 1.54) is 17.8 Å². The van der Waals surface area contributed by atoms with Crippen molar-refractivity contribution < 1.29 is 4.74 Å². The van der Waals surface area contributed by atoms with Gasteiger partial charge in [0.25, 0.3) is 0 Å². The minimum absolute atomic E-state index is 0.0373. The van der Waals surface area contributed by atoms with Crippen LogP contribution >= 0.6 is 11.6 Å². The van der Waals surface area contributed by atoms with Gasteiger partial charge < -0.3 is 15.4 Å².